The highest BCUT2D eigenvalue weighted by molar-refractivity contribution is 5.94. The summed E-state index contributed by atoms with van der Waals surface area (Å²) in [5.74, 6) is -1.97. The van der Waals surface area contributed by atoms with E-state index in [1.54, 1.807) is 0 Å². The van der Waals surface area contributed by atoms with Gasteiger partial charge < -0.3 is 26.0 Å². The van der Waals surface area contributed by atoms with Crippen molar-refractivity contribution in [3.05, 3.63) is 0 Å². The first-order valence-corrected chi connectivity index (χ1v) is 10.9. The number of likely N-dealkylation sites (tertiary alicyclic amines) is 2. The fourth-order valence-electron chi connectivity index (χ4n) is 4.35. The average Bonchev–Trinajstić information content (AvgIpc) is 3.33. The van der Waals surface area contributed by atoms with E-state index in [-0.39, 0.29) is 29.6 Å². The molecule has 9 nitrogen and oxygen atoms in total. The van der Waals surface area contributed by atoms with Crippen molar-refractivity contribution in [2.75, 3.05) is 13.1 Å². The van der Waals surface area contributed by atoms with Gasteiger partial charge in [-0.05, 0) is 43.9 Å². The Bertz CT molecular complexity index is 666. The van der Waals surface area contributed by atoms with Crippen LogP contribution in [0.1, 0.15) is 59.8 Å². The Kier molecular flexibility index (Phi) is 8.23. The van der Waals surface area contributed by atoms with Crippen molar-refractivity contribution in [1.29, 1.82) is 0 Å². The van der Waals surface area contributed by atoms with Crippen molar-refractivity contribution in [2.45, 2.75) is 84.0 Å². The normalized spacial score (nSPS) is 23.7. The number of nitrogens with one attached hydrogen (secondary N) is 1. The molecule has 9 heteroatoms. The lowest BCUT2D eigenvalue weighted by atomic mass is 10.0. The van der Waals surface area contributed by atoms with Crippen molar-refractivity contribution in [3.63, 3.8) is 0 Å². The molecule has 4 unspecified atom stereocenters. The zero-order chi connectivity index (χ0) is 22.6. The Morgan fingerprint density at radius 3 is 2.00 bits per heavy atom. The van der Waals surface area contributed by atoms with Crippen LogP contribution in [-0.4, -0.2) is 75.9 Å². The van der Waals surface area contributed by atoms with Crippen LogP contribution in [0.4, 0.5) is 0 Å². The minimum Gasteiger partial charge on any atom is -0.480 e. The molecule has 0 aromatic heterocycles. The van der Waals surface area contributed by atoms with E-state index in [0.29, 0.717) is 45.2 Å². The SMILES string of the molecule is CC(C)CC(N)C(=O)N1CCCC1C(=O)NC(C(=O)N1CCCC1C(=O)O)C(C)C. The summed E-state index contributed by atoms with van der Waals surface area (Å²) in [6.45, 7) is 8.44. The number of nitrogens with zero attached hydrogens (tertiary/aromatic N) is 2. The smallest absolute Gasteiger partial charge is 0.326 e. The molecule has 0 spiro atoms. The Balaban J connectivity index is 2.09. The number of nitrogens with two attached hydrogens (primary N) is 1. The summed E-state index contributed by atoms with van der Waals surface area (Å²) < 4.78 is 0. The second-order valence-corrected chi connectivity index (χ2v) is 9.18. The van der Waals surface area contributed by atoms with Crippen LogP contribution in [0.5, 0.6) is 0 Å². The molecule has 0 aliphatic carbocycles. The molecule has 2 aliphatic rings. The van der Waals surface area contributed by atoms with E-state index < -0.39 is 30.1 Å². The molecule has 2 heterocycles. The quantitative estimate of drug-likeness (QED) is 0.522. The van der Waals surface area contributed by atoms with Gasteiger partial charge in [-0.3, -0.25) is 14.4 Å². The monoisotopic (exact) mass is 424 g/mol. The lowest BCUT2D eigenvalue weighted by Gasteiger charge is -2.32. The maximum Gasteiger partial charge on any atom is 0.326 e. The molecule has 2 aliphatic heterocycles. The molecule has 3 amide bonds. The maximum absolute atomic E-state index is 13.0. The molecule has 2 rings (SSSR count). The summed E-state index contributed by atoms with van der Waals surface area (Å²) in [6.07, 6.45) is 2.80. The summed E-state index contributed by atoms with van der Waals surface area (Å²) in [6, 6.07) is -2.99. The van der Waals surface area contributed by atoms with Crippen LogP contribution in [0.15, 0.2) is 0 Å². The predicted octanol–water partition coefficient (Wildman–Crippen LogP) is 0.567. The van der Waals surface area contributed by atoms with Crippen LogP contribution in [0.2, 0.25) is 0 Å². The number of carboxylic acid groups (broad SMARTS) is 1. The van der Waals surface area contributed by atoms with E-state index in [0.717, 1.165) is 0 Å². The van der Waals surface area contributed by atoms with E-state index in [1.807, 2.05) is 27.7 Å². The Morgan fingerprint density at radius 1 is 0.967 bits per heavy atom. The first-order chi connectivity index (χ1) is 14.0. The molecular weight excluding hydrogens is 388 g/mol. The number of carbonyl (C=O) groups is 4. The molecule has 0 radical (unpaired) electrons. The van der Waals surface area contributed by atoms with Crippen molar-refractivity contribution in [2.24, 2.45) is 17.6 Å². The highest BCUT2D eigenvalue weighted by Gasteiger charge is 2.41. The molecule has 4 atom stereocenters. The standard InChI is InChI=1S/C21H36N4O5/c1-12(2)11-14(22)19(27)24-9-5-7-15(24)18(26)23-17(13(3)4)20(28)25-10-6-8-16(25)21(29)30/h12-17H,5-11,22H2,1-4H3,(H,23,26)(H,29,30). The largest absolute Gasteiger partial charge is 0.480 e. The first-order valence-electron chi connectivity index (χ1n) is 10.9. The third-order valence-corrected chi connectivity index (χ3v) is 5.93. The van der Waals surface area contributed by atoms with E-state index in [4.69, 9.17) is 5.73 Å². The molecule has 170 valence electrons. The number of amides is 3. The summed E-state index contributed by atoms with van der Waals surface area (Å²) in [7, 11) is 0. The third-order valence-electron chi connectivity index (χ3n) is 5.93. The molecule has 30 heavy (non-hydrogen) atoms. The highest BCUT2D eigenvalue weighted by Crippen LogP contribution is 2.23. The van der Waals surface area contributed by atoms with E-state index >= 15 is 0 Å². The van der Waals surface area contributed by atoms with Crippen LogP contribution in [0, 0.1) is 11.8 Å². The van der Waals surface area contributed by atoms with Crippen molar-refractivity contribution >= 4 is 23.7 Å². The summed E-state index contributed by atoms with van der Waals surface area (Å²) in [4.78, 5) is 53.2. The Labute approximate surface area is 178 Å². The summed E-state index contributed by atoms with van der Waals surface area (Å²) >= 11 is 0. The van der Waals surface area contributed by atoms with Gasteiger partial charge in [-0.1, -0.05) is 27.7 Å². The third kappa shape index (κ3) is 5.50. The topological polar surface area (TPSA) is 133 Å². The van der Waals surface area contributed by atoms with E-state index in [2.05, 4.69) is 5.32 Å². The van der Waals surface area contributed by atoms with Gasteiger partial charge >= 0.3 is 5.97 Å². The van der Waals surface area contributed by atoms with Crippen LogP contribution in [-0.2, 0) is 19.2 Å². The first kappa shape index (κ1) is 24.1. The molecule has 2 saturated heterocycles. The fourth-order valence-corrected chi connectivity index (χ4v) is 4.35. The van der Waals surface area contributed by atoms with Gasteiger partial charge in [-0.25, -0.2) is 4.79 Å². The molecule has 0 aromatic rings. The molecular formula is C21H36N4O5. The van der Waals surface area contributed by atoms with Gasteiger partial charge in [0.2, 0.25) is 17.7 Å². The van der Waals surface area contributed by atoms with Crippen LogP contribution in [0.25, 0.3) is 0 Å². The minimum absolute atomic E-state index is 0.217. The average molecular weight is 425 g/mol. The van der Waals surface area contributed by atoms with Crippen LogP contribution < -0.4 is 11.1 Å². The molecule has 2 fully saturated rings. The number of carbonyl (C=O) groups excluding carboxylic acids is 3. The lowest BCUT2D eigenvalue weighted by Crippen LogP contribution is -2.58. The van der Waals surface area contributed by atoms with Gasteiger partial charge in [0.1, 0.15) is 18.1 Å². The number of hydrogen-bond acceptors (Lipinski definition) is 5. The van der Waals surface area contributed by atoms with Crippen molar-refractivity contribution in [3.8, 4) is 0 Å². The van der Waals surface area contributed by atoms with Gasteiger partial charge in [-0.15, -0.1) is 0 Å². The van der Waals surface area contributed by atoms with E-state index in [1.165, 1.54) is 9.80 Å². The lowest BCUT2D eigenvalue weighted by molar-refractivity contribution is -0.150. The second-order valence-electron chi connectivity index (χ2n) is 9.18. The molecule has 4 N–H and O–H groups in total. The Morgan fingerprint density at radius 2 is 1.50 bits per heavy atom. The summed E-state index contributed by atoms with van der Waals surface area (Å²) in [5, 5.41) is 12.2. The van der Waals surface area contributed by atoms with Crippen molar-refractivity contribution < 1.29 is 24.3 Å². The van der Waals surface area contributed by atoms with Crippen molar-refractivity contribution in [1.82, 2.24) is 15.1 Å². The fraction of sp³-hybridized carbons (Fsp3) is 0.810. The summed E-state index contributed by atoms with van der Waals surface area (Å²) in [5.41, 5.74) is 6.05. The van der Waals surface area contributed by atoms with Gasteiger partial charge in [0.05, 0.1) is 6.04 Å². The van der Waals surface area contributed by atoms with E-state index in [9.17, 15) is 24.3 Å². The molecule has 0 aromatic carbocycles. The van der Waals surface area contributed by atoms with Gasteiger partial charge in [0, 0.05) is 13.1 Å². The van der Waals surface area contributed by atoms with Crippen LogP contribution >= 0.6 is 0 Å². The number of carboxylic acids is 1. The van der Waals surface area contributed by atoms with Crippen LogP contribution in [0.3, 0.4) is 0 Å². The highest BCUT2D eigenvalue weighted by atomic mass is 16.4. The van der Waals surface area contributed by atoms with Gasteiger partial charge in [-0.2, -0.15) is 0 Å². The van der Waals surface area contributed by atoms with Gasteiger partial charge in [0.15, 0.2) is 0 Å². The molecule has 0 saturated carbocycles. The number of aliphatic carboxylic acids is 1. The number of hydrogen-bond donors (Lipinski definition) is 3. The Hall–Kier alpha value is -2.16. The number of rotatable bonds is 8. The minimum atomic E-state index is -1.03. The van der Waals surface area contributed by atoms with Gasteiger partial charge in [0.25, 0.3) is 0 Å². The predicted molar refractivity (Wildman–Crippen MR) is 111 cm³/mol. The zero-order valence-corrected chi connectivity index (χ0v) is 18.5. The maximum atomic E-state index is 13.0. The zero-order valence-electron chi connectivity index (χ0n) is 18.5. The second kappa shape index (κ2) is 10.2. The molecule has 0 bridgehead atoms.